The Labute approximate surface area is 179 Å². The molecule has 31 heavy (non-hydrogen) atoms. The SMILES string of the molecule is CCN(CC)S(=O)(=O)c1ccc(C)c(C(=O)OCc2nc(-c3ccc(F)cc3)no2)c1. The first-order chi connectivity index (χ1) is 14.8. The third-order valence-electron chi connectivity index (χ3n) is 4.67. The summed E-state index contributed by atoms with van der Waals surface area (Å²) in [4.78, 5) is 16.7. The fourth-order valence-corrected chi connectivity index (χ4v) is 4.41. The van der Waals surface area contributed by atoms with Crippen molar-refractivity contribution >= 4 is 16.0 Å². The lowest BCUT2D eigenvalue weighted by Crippen LogP contribution is -2.30. The average Bonchev–Trinajstić information content (AvgIpc) is 3.22. The topological polar surface area (TPSA) is 103 Å². The maximum Gasteiger partial charge on any atom is 0.338 e. The van der Waals surface area contributed by atoms with E-state index in [9.17, 15) is 17.6 Å². The summed E-state index contributed by atoms with van der Waals surface area (Å²) < 4.78 is 50.1. The largest absolute Gasteiger partial charge is 0.452 e. The van der Waals surface area contributed by atoms with Crippen LogP contribution in [0.5, 0.6) is 0 Å². The van der Waals surface area contributed by atoms with E-state index in [0.29, 0.717) is 24.2 Å². The Morgan fingerprint density at radius 2 is 1.81 bits per heavy atom. The van der Waals surface area contributed by atoms with Crippen LogP contribution in [-0.4, -0.2) is 41.9 Å². The number of hydrogen-bond acceptors (Lipinski definition) is 7. The fraction of sp³-hybridized carbons (Fsp3) is 0.286. The van der Waals surface area contributed by atoms with E-state index in [-0.39, 0.29) is 34.6 Å². The molecule has 0 unspecified atom stereocenters. The number of rotatable bonds is 8. The summed E-state index contributed by atoms with van der Waals surface area (Å²) in [5.74, 6) is -0.815. The van der Waals surface area contributed by atoms with Crippen molar-refractivity contribution in [3.8, 4) is 11.4 Å². The molecule has 0 fully saturated rings. The highest BCUT2D eigenvalue weighted by Gasteiger charge is 2.24. The van der Waals surface area contributed by atoms with Gasteiger partial charge in [0.15, 0.2) is 6.61 Å². The van der Waals surface area contributed by atoms with Gasteiger partial charge in [0.1, 0.15) is 5.82 Å². The quantitative estimate of drug-likeness (QED) is 0.486. The van der Waals surface area contributed by atoms with Crippen LogP contribution in [0.15, 0.2) is 51.9 Å². The van der Waals surface area contributed by atoms with E-state index in [1.54, 1.807) is 26.8 Å². The Balaban J connectivity index is 1.75. The zero-order chi connectivity index (χ0) is 22.6. The number of aromatic nitrogens is 2. The van der Waals surface area contributed by atoms with Crippen molar-refractivity contribution in [1.82, 2.24) is 14.4 Å². The molecule has 1 heterocycles. The van der Waals surface area contributed by atoms with Crippen LogP contribution < -0.4 is 0 Å². The Kier molecular flexibility index (Phi) is 6.81. The van der Waals surface area contributed by atoms with Gasteiger partial charge in [-0.25, -0.2) is 17.6 Å². The van der Waals surface area contributed by atoms with Crippen LogP contribution in [0, 0.1) is 12.7 Å². The minimum atomic E-state index is -3.71. The molecule has 0 saturated carbocycles. The van der Waals surface area contributed by atoms with Crippen LogP contribution in [0.1, 0.15) is 35.7 Å². The maximum absolute atomic E-state index is 13.0. The zero-order valence-electron chi connectivity index (χ0n) is 17.3. The van der Waals surface area contributed by atoms with Crippen molar-refractivity contribution in [2.45, 2.75) is 32.3 Å². The lowest BCUT2D eigenvalue weighted by Gasteiger charge is -2.19. The second-order valence-electron chi connectivity index (χ2n) is 6.66. The molecular formula is C21H22FN3O5S. The summed E-state index contributed by atoms with van der Waals surface area (Å²) in [6, 6.07) is 9.88. The summed E-state index contributed by atoms with van der Waals surface area (Å²) in [5.41, 5.74) is 1.25. The maximum atomic E-state index is 13.0. The van der Waals surface area contributed by atoms with E-state index in [0.717, 1.165) is 0 Å². The van der Waals surface area contributed by atoms with E-state index < -0.39 is 16.0 Å². The molecule has 3 aromatic rings. The van der Waals surface area contributed by atoms with E-state index in [4.69, 9.17) is 9.26 Å². The van der Waals surface area contributed by atoms with Gasteiger partial charge in [0, 0.05) is 18.7 Å². The third kappa shape index (κ3) is 4.97. The molecule has 0 amide bonds. The van der Waals surface area contributed by atoms with E-state index in [1.807, 2.05) is 0 Å². The van der Waals surface area contributed by atoms with Gasteiger partial charge in [0.05, 0.1) is 10.5 Å². The molecular weight excluding hydrogens is 425 g/mol. The van der Waals surface area contributed by atoms with Crippen molar-refractivity contribution in [2.75, 3.05) is 13.1 Å². The molecule has 2 aromatic carbocycles. The van der Waals surface area contributed by atoms with Crippen molar-refractivity contribution in [3.05, 3.63) is 65.3 Å². The number of esters is 1. The third-order valence-corrected chi connectivity index (χ3v) is 6.72. The molecule has 0 aliphatic carbocycles. The van der Waals surface area contributed by atoms with Crippen LogP contribution in [0.2, 0.25) is 0 Å². The first kappa shape index (κ1) is 22.6. The fourth-order valence-electron chi connectivity index (χ4n) is 2.93. The summed E-state index contributed by atoms with van der Waals surface area (Å²) in [5, 5.41) is 3.78. The second kappa shape index (κ2) is 9.36. The summed E-state index contributed by atoms with van der Waals surface area (Å²) >= 11 is 0. The Morgan fingerprint density at radius 1 is 1.13 bits per heavy atom. The van der Waals surface area contributed by atoms with Crippen molar-refractivity contribution in [3.63, 3.8) is 0 Å². The Hall–Kier alpha value is -3.11. The molecule has 8 nitrogen and oxygen atoms in total. The zero-order valence-corrected chi connectivity index (χ0v) is 18.1. The van der Waals surface area contributed by atoms with Crippen LogP contribution in [0.4, 0.5) is 4.39 Å². The molecule has 1 aromatic heterocycles. The Morgan fingerprint density at radius 3 is 2.45 bits per heavy atom. The van der Waals surface area contributed by atoms with Gasteiger partial charge in [-0.15, -0.1) is 0 Å². The van der Waals surface area contributed by atoms with Crippen molar-refractivity contribution < 1.29 is 26.9 Å². The number of carbonyl (C=O) groups excluding carboxylic acids is 1. The Bertz CT molecular complexity index is 1170. The molecule has 164 valence electrons. The molecule has 3 rings (SSSR count). The molecule has 0 bridgehead atoms. The molecule has 0 aliphatic rings. The average molecular weight is 447 g/mol. The van der Waals surface area contributed by atoms with E-state index >= 15 is 0 Å². The minimum absolute atomic E-state index is 0.0186. The number of nitrogens with zero attached hydrogens (tertiary/aromatic N) is 3. The van der Waals surface area contributed by atoms with Crippen LogP contribution >= 0.6 is 0 Å². The second-order valence-corrected chi connectivity index (χ2v) is 8.60. The predicted molar refractivity (Wildman–Crippen MR) is 110 cm³/mol. The number of aryl methyl sites for hydroxylation is 1. The lowest BCUT2D eigenvalue weighted by molar-refractivity contribution is 0.0428. The number of carbonyl (C=O) groups is 1. The van der Waals surface area contributed by atoms with Crippen molar-refractivity contribution in [1.29, 1.82) is 0 Å². The van der Waals surface area contributed by atoms with Gasteiger partial charge in [-0.2, -0.15) is 9.29 Å². The van der Waals surface area contributed by atoms with Gasteiger partial charge < -0.3 is 9.26 Å². The van der Waals surface area contributed by atoms with Crippen LogP contribution in [0.25, 0.3) is 11.4 Å². The molecule has 0 spiro atoms. The van der Waals surface area contributed by atoms with E-state index in [1.165, 1.54) is 40.7 Å². The van der Waals surface area contributed by atoms with Crippen molar-refractivity contribution in [2.24, 2.45) is 0 Å². The molecule has 0 aliphatic heterocycles. The van der Waals surface area contributed by atoms with Gasteiger partial charge >= 0.3 is 5.97 Å². The molecule has 10 heteroatoms. The number of sulfonamides is 1. The smallest absolute Gasteiger partial charge is 0.338 e. The number of hydrogen-bond donors (Lipinski definition) is 0. The number of benzene rings is 2. The van der Waals surface area contributed by atoms with E-state index in [2.05, 4.69) is 10.1 Å². The highest BCUT2D eigenvalue weighted by Crippen LogP contribution is 2.21. The highest BCUT2D eigenvalue weighted by molar-refractivity contribution is 7.89. The summed E-state index contributed by atoms with van der Waals surface area (Å²) in [7, 11) is -3.71. The molecule has 0 radical (unpaired) electrons. The molecule has 0 atom stereocenters. The number of ether oxygens (including phenoxy) is 1. The monoisotopic (exact) mass is 447 g/mol. The van der Waals surface area contributed by atoms with Gasteiger partial charge in [-0.1, -0.05) is 25.1 Å². The van der Waals surface area contributed by atoms with Crippen LogP contribution in [0.3, 0.4) is 0 Å². The normalized spacial score (nSPS) is 11.6. The van der Waals surface area contributed by atoms with Gasteiger partial charge in [0.2, 0.25) is 15.8 Å². The standard InChI is InChI=1S/C21H22FN3O5S/c1-4-25(5-2)31(27,28)17-11-6-14(3)18(12-17)21(26)29-13-19-23-20(24-30-19)15-7-9-16(22)10-8-15/h6-12H,4-5,13H2,1-3H3. The number of halogens is 1. The van der Waals surface area contributed by atoms with Gasteiger partial charge in [0.25, 0.3) is 5.89 Å². The lowest BCUT2D eigenvalue weighted by atomic mass is 10.1. The molecule has 0 saturated heterocycles. The highest BCUT2D eigenvalue weighted by atomic mass is 32.2. The summed E-state index contributed by atoms with van der Waals surface area (Å²) in [6.07, 6.45) is 0. The first-order valence-corrected chi connectivity index (χ1v) is 11.1. The summed E-state index contributed by atoms with van der Waals surface area (Å²) in [6.45, 7) is 5.52. The van der Waals surface area contributed by atoms with Gasteiger partial charge in [-0.05, 0) is 48.9 Å². The van der Waals surface area contributed by atoms with Gasteiger partial charge in [-0.3, -0.25) is 0 Å². The predicted octanol–water partition coefficient (Wildman–Crippen LogP) is 3.57. The molecule has 0 N–H and O–H groups in total. The first-order valence-electron chi connectivity index (χ1n) is 9.62. The minimum Gasteiger partial charge on any atom is -0.452 e. The van der Waals surface area contributed by atoms with Crippen LogP contribution in [-0.2, 0) is 21.4 Å².